The van der Waals surface area contributed by atoms with Gasteiger partial charge in [-0.1, -0.05) is 29.8 Å². The van der Waals surface area contributed by atoms with Crippen molar-refractivity contribution < 1.29 is 0 Å². The number of fused-ring (bicyclic) bond motifs is 2. The molecule has 102 valence electrons. The van der Waals surface area contributed by atoms with E-state index < -0.39 is 0 Å². The van der Waals surface area contributed by atoms with Gasteiger partial charge in [0.25, 0.3) is 0 Å². The lowest BCUT2D eigenvalue weighted by Gasteiger charge is -2.08. The molecule has 2 N–H and O–H groups in total. The molecule has 0 aliphatic rings. The Morgan fingerprint density at radius 2 is 1.95 bits per heavy atom. The van der Waals surface area contributed by atoms with E-state index in [2.05, 4.69) is 15.0 Å². The lowest BCUT2D eigenvalue weighted by molar-refractivity contribution is 1.09. The zero-order chi connectivity index (χ0) is 14.4. The Hall–Kier alpha value is -2.66. The van der Waals surface area contributed by atoms with E-state index in [0.717, 1.165) is 16.6 Å². The number of hydrogen-bond donors (Lipinski definition) is 1. The van der Waals surface area contributed by atoms with Crippen molar-refractivity contribution in [3.8, 4) is 5.69 Å². The molecule has 3 aromatic heterocycles. The van der Waals surface area contributed by atoms with Gasteiger partial charge in [-0.3, -0.25) is 9.55 Å². The molecule has 0 amide bonds. The van der Waals surface area contributed by atoms with Crippen LogP contribution in [-0.4, -0.2) is 19.5 Å². The number of benzene rings is 1. The second-order valence-corrected chi connectivity index (χ2v) is 5.09. The maximum atomic E-state index is 6.07. The van der Waals surface area contributed by atoms with Crippen molar-refractivity contribution in [1.29, 1.82) is 0 Å². The van der Waals surface area contributed by atoms with Crippen LogP contribution < -0.4 is 5.73 Å². The van der Waals surface area contributed by atoms with Crippen LogP contribution in [0.25, 0.3) is 27.8 Å². The smallest absolute Gasteiger partial charge is 0.207 e. The molecule has 0 unspecified atom stereocenters. The van der Waals surface area contributed by atoms with Crippen LogP contribution in [0, 0.1) is 0 Å². The quantitative estimate of drug-likeness (QED) is 0.585. The fraction of sp³-hybridized carbons (Fsp3) is 0. The van der Waals surface area contributed by atoms with Gasteiger partial charge in [-0.15, -0.1) is 0 Å². The topological polar surface area (TPSA) is 69.6 Å². The first-order valence-electron chi connectivity index (χ1n) is 6.37. The number of halogens is 1. The van der Waals surface area contributed by atoms with Crippen molar-refractivity contribution in [2.45, 2.75) is 0 Å². The van der Waals surface area contributed by atoms with Gasteiger partial charge in [-0.25, -0.2) is 9.97 Å². The Kier molecular flexibility index (Phi) is 2.55. The number of nitrogens with zero attached hydrogens (tertiary/aromatic N) is 4. The van der Waals surface area contributed by atoms with E-state index in [1.165, 1.54) is 0 Å². The second kappa shape index (κ2) is 4.43. The highest BCUT2D eigenvalue weighted by Gasteiger charge is 2.14. The molecule has 0 radical (unpaired) electrons. The van der Waals surface area contributed by atoms with Crippen molar-refractivity contribution in [2.75, 3.05) is 5.73 Å². The van der Waals surface area contributed by atoms with Crippen LogP contribution in [0.15, 0.2) is 48.8 Å². The number of aromatic nitrogens is 4. The SMILES string of the molecule is Nc1nc2cc(Cl)cnc2n1-c1cccc2cccnc12. The van der Waals surface area contributed by atoms with Gasteiger partial charge in [0.1, 0.15) is 5.52 Å². The number of imidazole rings is 1. The van der Waals surface area contributed by atoms with Crippen LogP contribution in [0.4, 0.5) is 5.95 Å². The number of nitrogen functional groups attached to an aromatic ring is 1. The Morgan fingerprint density at radius 3 is 2.86 bits per heavy atom. The Labute approximate surface area is 125 Å². The molecule has 4 aromatic rings. The predicted octanol–water partition coefficient (Wildman–Crippen LogP) is 3.20. The molecule has 0 spiro atoms. The average molecular weight is 296 g/mol. The number of anilines is 1. The molecule has 4 rings (SSSR count). The van der Waals surface area contributed by atoms with Crippen LogP contribution in [0.1, 0.15) is 0 Å². The first-order chi connectivity index (χ1) is 10.2. The molecule has 0 saturated carbocycles. The van der Waals surface area contributed by atoms with E-state index in [1.807, 2.05) is 30.3 Å². The number of pyridine rings is 2. The van der Waals surface area contributed by atoms with Crippen molar-refractivity contribution in [1.82, 2.24) is 19.5 Å². The maximum Gasteiger partial charge on any atom is 0.207 e. The summed E-state index contributed by atoms with van der Waals surface area (Å²) in [4.78, 5) is 13.1. The lowest BCUT2D eigenvalue weighted by atomic mass is 10.2. The summed E-state index contributed by atoms with van der Waals surface area (Å²) >= 11 is 5.96. The van der Waals surface area contributed by atoms with E-state index >= 15 is 0 Å². The van der Waals surface area contributed by atoms with Crippen molar-refractivity contribution >= 4 is 39.6 Å². The summed E-state index contributed by atoms with van der Waals surface area (Å²) in [6, 6.07) is 11.6. The molecule has 0 saturated heterocycles. The first-order valence-corrected chi connectivity index (χ1v) is 6.75. The van der Waals surface area contributed by atoms with Crippen LogP contribution >= 0.6 is 11.6 Å². The fourth-order valence-electron chi connectivity index (χ4n) is 2.46. The van der Waals surface area contributed by atoms with Crippen LogP contribution in [0.5, 0.6) is 0 Å². The summed E-state index contributed by atoms with van der Waals surface area (Å²) in [7, 11) is 0. The minimum absolute atomic E-state index is 0.359. The molecule has 0 fully saturated rings. The van der Waals surface area contributed by atoms with Gasteiger partial charge in [0.05, 0.1) is 16.2 Å². The van der Waals surface area contributed by atoms with Crippen molar-refractivity contribution in [3.05, 3.63) is 53.8 Å². The zero-order valence-electron chi connectivity index (χ0n) is 10.9. The summed E-state index contributed by atoms with van der Waals surface area (Å²) in [6.45, 7) is 0. The van der Waals surface area contributed by atoms with Gasteiger partial charge in [0.15, 0.2) is 5.65 Å². The minimum atomic E-state index is 0.359. The maximum absolute atomic E-state index is 6.07. The highest BCUT2D eigenvalue weighted by atomic mass is 35.5. The summed E-state index contributed by atoms with van der Waals surface area (Å²) in [6.07, 6.45) is 3.34. The summed E-state index contributed by atoms with van der Waals surface area (Å²) in [5, 5.41) is 1.56. The molecule has 21 heavy (non-hydrogen) atoms. The molecule has 0 aliphatic heterocycles. The van der Waals surface area contributed by atoms with Gasteiger partial charge < -0.3 is 5.73 Å². The molecule has 0 bridgehead atoms. The Balaban J connectivity index is 2.11. The van der Waals surface area contributed by atoms with E-state index in [4.69, 9.17) is 17.3 Å². The first kappa shape index (κ1) is 12.1. The standard InChI is InChI=1S/C15H10ClN5/c16-10-7-11-14(19-8-10)21(15(17)20-11)12-5-1-3-9-4-2-6-18-13(9)12/h1-8H,(H2,17,20). The number of nitrogens with two attached hydrogens (primary N) is 1. The monoisotopic (exact) mass is 295 g/mol. The summed E-state index contributed by atoms with van der Waals surface area (Å²) < 4.78 is 1.79. The number of hydrogen-bond acceptors (Lipinski definition) is 4. The van der Waals surface area contributed by atoms with Crippen molar-refractivity contribution in [3.63, 3.8) is 0 Å². The second-order valence-electron chi connectivity index (χ2n) is 4.65. The molecule has 6 heteroatoms. The third kappa shape index (κ3) is 1.82. The van der Waals surface area contributed by atoms with Gasteiger partial charge in [-0.2, -0.15) is 0 Å². The fourth-order valence-corrected chi connectivity index (χ4v) is 2.62. The van der Waals surface area contributed by atoms with Crippen LogP contribution in [0.3, 0.4) is 0 Å². The highest BCUT2D eigenvalue weighted by molar-refractivity contribution is 6.31. The molecule has 0 atom stereocenters. The van der Waals surface area contributed by atoms with Gasteiger partial charge in [0, 0.05) is 17.8 Å². The number of para-hydroxylation sites is 1. The lowest BCUT2D eigenvalue weighted by Crippen LogP contribution is -2.02. The summed E-state index contributed by atoms with van der Waals surface area (Å²) in [5.74, 6) is 0.359. The molecule has 5 nitrogen and oxygen atoms in total. The van der Waals surface area contributed by atoms with E-state index in [-0.39, 0.29) is 0 Å². The summed E-state index contributed by atoms with van der Waals surface area (Å²) in [5.41, 5.74) is 9.09. The largest absolute Gasteiger partial charge is 0.369 e. The Morgan fingerprint density at radius 1 is 1.10 bits per heavy atom. The molecular weight excluding hydrogens is 286 g/mol. The van der Waals surface area contributed by atoms with Gasteiger partial charge in [0.2, 0.25) is 5.95 Å². The molecule has 1 aromatic carbocycles. The Bertz CT molecular complexity index is 971. The molecule has 3 heterocycles. The van der Waals surface area contributed by atoms with Crippen LogP contribution in [0.2, 0.25) is 5.02 Å². The number of rotatable bonds is 1. The predicted molar refractivity (Wildman–Crippen MR) is 83.6 cm³/mol. The van der Waals surface area contributed by atoms with E-state index in [1.54, 1.807) is 23.0 Å². The zero-order valence-corrected chi connectivity index (χ0v) is 11.6. The third-order valence-electron chi connectivity index (χ3n) is 3.34. The van der Waals surface area contributed by atoms with Gasteiger partial charge >= 0.3 is 0 Å². The molecule has 0 aliphatic carbocycles. The van der Waals surface area contributed by atoms with E-state index in [9.17, 15) is 0 Å². The average Bonchev–Trinajstić information content (AvgIpc) is 2.81. The van der Waals surface area contributed by atoms with Gasteiger partial charge in [-0.05, 0) is 18.2 Å². The van der Waals surface area contributed by atoms with Crippen molar-refractivity contribution in [2.24, 2.45) is 0 Å². The molecular formula is C15H10ClN5. The van der Waals surface area contributed by atoms with E-state index in [0.29, 0.717) is 22.1 Å². The highest BCUT2D eigenvalue weighted by Crippen LogP contribution is 2.27. The normalized spacial score (nSPS) is 11.3. The minimum Gasteiger partial charge on any atom is -0.369 e. The van der Waals surface area contributed by atoms with Crippen LogP contribution in [-0.2, 0) is 0 Å². The third-order valence-corrected chi connectivity index (χ3v) is 3.55.